The minimum Gasteiger partial charge on any atom is -0.321 e. The van der Waals surface area contributed by atoms with Crippen molar-refractivity contribution in [1.82, 2.24) is 0 Å². The molecule has 1 aliphatic rings. The molecule has 0 radical (unpaired) electrons. The van der Waals surface area contributed by atoms with Gasteiger partial charge in [0.15, 0.2) is 0 Å². The number of hydrogen-bond donors (Lipinski definition) is 1. The van der Waals surface area contributed by atoms with Crippen LogP contribution >= 0.6 is 11.3 Å². The number of hydrogen-bond acceptors (Lipinski definition) is 3. The van der Waals surface area contributed by atoms with Crippen molar-refractivity contribution in [2.75, 3.05) is 16.8 Å². The number of nitrogens with one attached hydrogen (secondary N) is 1. The van der Waals surface area contributed by atoms with Gasteiger partial charge in [-0.3, -0.25) is 9.59 Å². The molecule has 0 unspecified atom stereocenters. The van der Waals surface area contributed by atoms with E-state index in [1.165, 1.54) is 11.3 Å². The highest BCUT2D eigenvalue weighted by Gasteiger charge is 2.25. The van der Waals surface area contributed by atoms with Crippen molar-refractivity contribution in [1.29, 1.82) is 0 Å². The number of rotatable bonds is 4. The molecule has 2 amide bonds. The van der Waals surface area contributed by atoms with E-state index in [0.717, 1.165) is 29.9 Å². The molecule has 0 saturated carbocycles. The van der Waals surface area contributed by atoms with Crippen LogP contribution in [0, 0.1) is 5.92 Å². The second-order valence-electron chi connectivity index (χ2n) is 6.17. The molecule has 1 aliphatic heterocycles. The van der Waals surface area contributed by atoms with Gasteiger partial charge in [0.05, 0.1) is 4.88 Å². The number of anilines is 2. The zero-order chi connectivity index (χ0) is 16.4. The van der Waals surface area contributed by atoms with Gasteiger partial charge in [0, 0.05) is 24.3 Å². The molecule has 0 aliphatic carbocycles. The van der Waals surface area contributed by atoms with Gasteiger partial charge < -0.3 is 10.2 Å². The van der Waals surface area contributed by atoms with Crippen LogP contribution in [0.4, 0.5) is 11.4 Å². The van der Waals surface area contributed by atoms with Gasteiger partial charge in [0.2, 0.25) is 5.91 Å². The van der Waals surface area contributed by atoms with E-state index >= 15 is 0 Å². The fourth-order valence-electron chi connectivity index (χ4n) is 2.80. The van der Waals surface area contributed by atoms with Crippen LogP contribution in [0.1, 0.15) is 35.5 Å². The molecular formula is C18H20N2O2S. The number of amides is 2. The van der Waals surface area contributed by atoms with Gasteiger partial charge in [-0.1, -0.05) is 19.9 Å². The van der Waals surface area contributed by atoms with E-state index in [2.05, 4.69) is 19.2 Å². The summed E-state index contributed by atoms with van der Waals surface area (Å²) in [6.07, 6.45) is 1.26. The Balaban J connectivity index is 1.82. The predicted octanol–water partition coefficient (Wildman–Crippen LogP) is 3.94. The Bertz CT molecular complexity index is 723. The summed E-state index contributed by atoms with van der Waals surface area (Å²) in [6, 6.07) is 9.47. The molecule has 23 heavy (non-hydrogen) atoms. The van der Waals surface area contributed by atoms with E-state index < -0.39 is 0 Å². The molecule has 5 heteroatoms. The van der Waals surface area contributed by atoms with Gasteiger partial charge in [0.25, 0.3) is 5.91 Å². The van der Waals surface area contributed by atoms with Crippen molar-refractivity contribution in [2.24, 2.45) is 5.92 Å². The molecule has 1 N–H and O–H groups in total. The van der Waals surface area contributed by atoms with E-state index in [9.17, 15) is 9.59 Å². The standard InChI is InChI=1S/C18H20N2O2S/c1-12(2)11-20-15-7-6-14(10-13(15)5-8-17(20)21)19-18(22)16-4-3-9-23-16/h3-4,6-7,9-10,12H,5,8,11H2,1-2H3,(H,19,22). The van der Waals surface area contributed by atoms with Gasteiger partial charge in [-0.25, -0.2) is 0 Å². The van der Waals surface area contributed by atoms with Crippen molar-refractivity contribution < 1.29 is 9.59 Å². The monoisotopic (exact) mass is 328 g/mol. The number of aryl methyl sites for hydroxylation is 1. The van der Waals surface area contributed by atoms with E-state index in [0.29, 0.717) is 17.2 Å². The lowest BCUT2D eigenvalue weighted by Gasteiger charge is -2.31. The van der Waals surface area contributed by atoms with E-state index in [1.807, 2.05) is 34.5 Å². The first-order valence-corrected chi connectivity index (χ1v) is 8.70. The Hall–Kier alpha value is -2.14. The molecule has 0 atom stereocenters. The van der Waals surface area contributed by atoms with Crippen LogP contribution in [0.2, 0.25) is 0 Å². The number of nitrogens with zero attached hydrogens (tertiary/aromatic N) is 1. The van der Waals surface area contributed by atoms with Gasteiger partial charge in [-0.05, 0) is 47.5 Å². The van der Waals surface area contributed by atoms with Crippen LogP contribution in [-0.2, 0) is 11.2 Å². The average molecular weight is 328 g/mol. The molecule has 2 heterocycles. The second-order valence-corrected chi connectivity index (χ2v) is 7.12. The maximum absolute atomic E-state index is 12.2. The van der Waals surface area contributed by atoms with Gasteiger partial charge in [0.1, 0.15) is 0 Å². The summed E-state index contributed by atoms with van der Waals surface area (Å²) in [6.45, 7) is 4.95. The maximum atomic E-state index is 12.2. The van der Waals surface area contributed by atoms with Gasteiger partial charge in [-0.2, -0.15) is 0 Å². The smallest absolute Gasteiger partial charge is 0.265 e. The highest BCUT2D eigenvalue weighted by atomic mass is 32.1. The Morgan fingerprint density at radius 3 is 2.83 bits per heavy atom. The summed E-state index contributed by atoms with van der Waals surface area (Å²) < 4.78 is 0. The number of carbonyl (C=O) groups excluding carboxylic acids is 2. The zero-order valence-corrected chi connectivity index (χ0v) is 14.2. The summed E-state index contributed by atoms with van der Waals surface area (Å²) in [5.74, 6) is 0.510. The summed E-state index contributed by atoms with van der Waals surface area (Å²) in [5, 5.41) is 4.82. The lowest BCUT2D eigenvalue weighted by Crippen LogP contribution is -2.37. The highest BCUT2D eigenvalue weighted by molar-refractivity contribution is 7.12. The number of benzene rings is 1. The number of fused-ring (bicyclic) bond motifs is 1. The zero-order valence-electron chi connectivity index (χ0n) is 13.3. The molecule has 0 spiro atoms. The normalized spacial score (nSPS) is 14.0. The Kier molecular flexibility index (Phi) is 4.48. The molecule has 0 bridgehead atoms. The highest BCUT2D eigenvalue weighted by Crippen LogP contribution is 2.31. The quantitative estimate of drug-likeness (QED) is 0.924. The number of carbonyl (C=O) groups is 2. The third kappa shape index (κ3) is 3.45. The lowest BCUT2D eigenvalue weighted by molar-refractivity contribution is -0.119. The van der Waals surface area contributed by atoms with Crippen molar-refractivity contribution in [2.45, 2.75) is 26.7 Å². The first kappa shape index (κ1) is 15.7. The van der Waals surface area contributed by atoms with E-state index in [1.54, 1.807) is 6.07 Å². The summed E-state index contributed by atoms with van der Waals surface area (Å²) in [7, 11) is 0. The molecule has 4 nitrogen and oxygen atoms in total. The minimum atomic E-state index is -0.0918. The molecule has 1 aromatic heterocycles. The van der Waals surface area contributed by atoms with Crippen LogP contribution in [0.15, 0.2) is 35.7 Å². The number of thiophene rings is 1. The van der Waals surface area contributed by atoms with Crippen LogP contribution in [-0.4, -0.2) is 18.4 Å². The molecule has 1 aromatic carbocycles. The first-order chi connectivity index (χ1) is 11.0. The van der Waals surface area contributed by atoms with Gasteiger partial charge in [-0.15, -0.1) is 11.3 Å². The van der Waals surface area contributed by atoms with Crippen LogP contribution in [0.3, 0.4) is 0 Å². The molecule has 3 rings (SSSR count). The van der Waals surface area contributed by atoms with E-state index in [-0.39, 0.29) is 11.8 Å². The summed E-state index contributed by atoms with van der Waals surface area (Å²) in [4.78, 5) is 26.9. The maximum Gasteiger partial charge on any atom is 0.265 e. The fourth-order valence-corrected chi connectivity index (χ4v) is 3.42. The van der Waals surface area contributed by atoms with Crippen molar-refractivity contribution >= 4 is 34.5 Å². The van der Waals surface area contributed by atoms with Crippen LogP contribution < -0.4 is 10.2 Å². The van der Waals surface area contributed by atoms with Crippen molar-refractivity contribution in [3.05, 3.63) is 46.2 Å². The van der Waals surface area contributed by atoms with E-state index in [4.69, 9.17) is 0 Å². The topological polar surface area (TPSA) is 49.4 Å². The lowest BCUT2D eigenvalue weighted by atomic mass is 9.99. The molecule has 120 valence electrons. The van der Waals surface area contributed by atoms with Crippen molar-refractivity contribution in [3.8, 4) is 0 Å². The molecule has 0 saturated heterocycles. The Labute approximate surface area is 140 Å². The predicted molar refractivity (Wildman–Crippen MR) is 94.2 cm³/mol. The third-order valence-electron chi connectivity index (χ3n) is 3.83. The van der Waals surface area contributed by atoms with Gasteiger partial charge >= 0.3 is 0 Å². The fraction of sp³-hybridized carbons (Fsp3) is 0.333. The second kappa shape index (κ2) is 6.54. The van der Waals surface area contributed by atoms with Crippen molar-refractivity contribution in [3.63, 3.8) is 0 Å². The summed E-state index contributed by atoms with van der Waals surface area (Å²) in [5.41, 5.74) is 2.87. The Morgan fingerprint density at radius 2 is 2.13 bits per heavy atom. The third-order valence-corrected chi connectivity index (χ3v) is 4.70. The average Bonchev–Trinajstić information content (AvgIpc) is 3.04. The Morgan fingerprint density at radius 1 is 1.30 bits per heavy atom. The first-order valence-electron chi connectivity index (χ1n) is 7.82. The molecular weight excluding hydrogens is 308 g/mol. The largest absolute Gasteiger partial charge is 0.321 e. The summed E-state index contributed by atoms with van der Waals surface area (Å²) >= 11 is 1.42. The van der Waals surface area contributed by atoms with Crippen LogP contribution in [0.5, 0.6) is 0 Å². The SMILES string of the molecule is CC(C)CN1C(=O)CCc2cc(NC(=O)c3cccs3)ccc21. The molecule has 0 fully saturated rings. The van der Waals surface area contributed by atoms with Crippen LogP contribution in [0.25, 0.3) is 0 Å². The minimum absolute atomic E-state index is 0.0918. The molecule has 2 aromatic rings.